The first kappa shape index (κ1) is 14.7. The van der Waals surface area contributed by atoms with Gasteiger partial charge in [-0.15, -0.1) is 15.3 Å². The smallest absolute Gasteiger partial charge is 0.234 e. The molecule has 0 aliphatic heterocycles. The quantitative estimate of drug-likeness (QED) is 0.799. The van der Waals surface area contributed by atoms with Gasteiger partial charge in [0.05, 0.1) is 6.61 Å². The molecule has 114 valence electrons. The standard InChI is InChI=1S/C14H14FN5OS/c1-8(2)13-17-18-14(22-13)20-12(11(7-21)16-19-20)9-4-3-5-10(15)6-9/h3-6,8,21H,7H2,1-2H3. The molecule has 1 aromatic carbocycles. The number of nitrogens with zero attached hydrogens (tertiary/aromatic N) is 5. The van der Waals surface area contributed by atoms with Crippen LogP contribution < -0.4 is 0 Å². The minimum atomic E-state index is -0.366. The molecule has 0 saturated heterocycles. The summed E-state index contributed by atoms with van der Waals surface area (Å²) in [5, 5.41) is 27.1. The summed E-state index contributed by atoms with van der Waals surface area (Å²) in [5.41, 5.74) is 1.47. The van der Waals surface area contributed by atoms with E-state index >= 15 is 0 Å². The van der Waals surface area contributed by atoms with E-state index in [1.54, 1.807) is 12.1 Å². The number of rotatable bonds is 4. The molecular weight excluding hydrogens is 305 g/mol. The fourth-order valence-corrected chi connectivity index (χ4v) is 2.82. The van der Waals surface area contributed by atoms with Crippen LogP contribution >= 0.6 is 11.3 Å². The van der Waals surface area contributed by atoms with E-state index in [4.69, 9.17) is 0 Å². The molecule has 1 N–H and O–H groups in total. The van der Waals surface area contributed by atoms with Crippen LogP contribution in [0.3, 0.4) is 0 Å². The second kappa shape index (κ2) is 5.90. The molecular formula is C14H14FN5OS. The third-order valence-corrected chi connectivity index (χ3v) is 4.29. The van der Waals surface area contributed by atoms with E-state index in [1.165, 1.54) is 28.2 Å². The van der Waals surface area contributed by atoms with Gasteiger partial charge < -0.3 is 5.11 Å². The highest BCUT2D eigenvalue weighted by Crippen LogP contribution is 2.28. The summed E-state index contributed by atoms with van der Waals surface area (Å²) >= 11 is 1.39. The molecule has 0 bridgehead atoms. The SMILES string of the molecule is CC(C)c1nnc(-n2nnc(CO)c2-c2cccc(F)c2)s1. The minimum absolute atomic E-state index is 0.254. The van der Waals surface area contributed by atoms with Gasteiger partial charge in [0.1, 0.15) is 22.2 Å². The summed E-state index contributed by atoms with van der Waals surface area (Å²) in [6.07, 6.45) is 0. The number of halogens is 1. The van der Waals surface area contributed by atoms with Crippen LogP contribution in [0.2, 0.25) is 0 Å². The lowest BCUT2D eigenvalue weighted by Gasteiger charge is -2.04. The van der Waals surface area contributed by atoms with Gasteiger partial charge in [-0.05, 0) is 12.1 Å². The molecule has 0 radical (unpaired) electrons. The lowest BCUT2D eigenvalue weighted by atomic mass is 10.1. The monoisotopic (exact) mass is 319 g/mol. The first-order valence-corrected chi connectivity index (χ1v) is 7.57. The molecule has 0 amide bonds. The lowest BCUT2D eigenvalue weighted by Crippen LogP contribution is -2.00. The van der Waals surface area contributed by atoms with Crippen molar-refractivity contribution in [2.75, 3.05) is 0 Å². The van der Waals surface area contributed by atoms with E-state index in [9.17, 15) is 9.50 Å². The van der Waals surface area contributed by atoms with Crippen molar-refractivity contribution in [1.29, 1.82) is 0 Å². The van der Waals surface area contributed by atoms with Crippen LogP contribution in [-0.2, 0) is 6.61 Å². The predicted octanol–water partition coefficient (Wildman–Crippen LogP) is 2.54. The Balaban J connectivity index is 2.14. The zero-order valence-corrected chi connectivity index (χ0v) is 12.9. The van der Waals surface area contributed by atoms with Crippen LogP contribution in [-0.4, -0.2) is 30.3 Å². The molecule has 0 aliphatic rings. The van der Waals surface area contributed by atoms with Crippen molar-refractivity contribution >= 4 is 11.3 Å². The molecule has 0 spiro atoms. The van der Waals surface area contributed by atoms with Crippen LogP contribution in [0, 0.1) is 5.82 Å². The van der Waals surface area contributed by atoms with Gasteiger partial charge in [0.25, 0.3) is 0 Å². The molecule has 0 atom stereocenters. The van der Waals surface area contributed by atoms with Crippen molar-refractivity contribution in [2.24, 2.45) is 0 Å². The minimum Gasteiger partial charge on any atom is -0.390 e. The fourth-order valence-electron chi connectivity index (χ4n) is 2.02. The zero-order chi connectivity index (χ0) is 15.7. The Hall–Kier alpha value is -2.19. The Labute approximate surface area is 130 Å². The van der Waals surface area contributed by atoms with E-state index in [1.807, 2.05) is 13.8 Å². The van der Waals surface area contributed by atoms with Gasteiger partial charge in [-0.2, -0.15) is 4.68 Å². The molecule has 3 rings (SSSR count). The predicted molar refractivity (Wildman–Crippen MR) is 80.2 cm³/mol. The van der Waals surface area contributed by atoms with Gasteiger partial charge in [0.2, 0.25) is 5.13 Å². The van der Waals surface area contributed by atoms with Crippen LogP contribution in [0.5, 0.6) is 0 Å². The van der Waals surface area contributed by atoms with Crippen LogP contribution in [0.25, 0.3) is 16.4 Å². The summed E-state index contributed by atoms with van der Waals surface area (Å²) in [6.45, 7) is 3.76. The van der Waals surface area contributed by atoms with Gasteiger partial charge in [0.15, 0.2) is 0 Å². The second-order valence-corrected chi connectivity index (χ2v) is 6.03. The molecule has 0 saturated carbocycles. The first-order chi connectivity index (χ1) is 10.6. The van der Waals surface area contributed by atoms with Crippen molar-refractivity contribution in [3.05, 3.63) is 40.8 Å². The molecule has 8 heteroatoms. The molecule has 0 fully saturated rings. The van der Waals surface area contributed by atoms with Crippen molar-refractivity contribution in [1.82, 2.24) is 25.2 Å². The summed E-state index contributed by atoms with van der Waals surface area (Å²) < 4.78 is 15.0. The zero-order valence-electron chi connectivity index (χ0n) is 12.1. The number of aliphatic hydroxyl groups is 1. The van der Waals surface area contributed by atoms with Gasteiger partial charge in [0, 0.05) is 11.5 Å². The normalized spacial score (nSPS) is 11.3. The third-order valence-electron chi connectivity index (χ3n) is 3.09. The van der Waals surface area contributed by atoms with E-state index in [-0.39, 0.29) is 18.3 Å². The first-order valence-electron chi connectivity index (χ1n) is 6.75. The maximum Gasteiger partial charge on any atom is 0.234 e. The number of aliphatic hydroxyl groups excluding tert-OH is 1. The average Bonchev–Trinajstić information content (AvgIpc) is 3.13. The average molecular weight is 319 g/mol. The Morgan fingerprint density at radius 1 is 1.27 bits per heavy atom. The Kier molecular flexibility index (Phi) is 3.95. The highest BCUT2D eigenvalue weighted by atomic mass is 32.1. The van der Waals surface area contributed by atoms with E-state index in [0.29, 0.717) is 22.1 Å². The molecule has 22 heavy (non-hydrogen) atoms. The molecule has 6 nitrogen and oxygen atoms in total. The largest absolute Gasteiger partial charge is 0.390 e. The maximum atomic E-state index is 13.5. The highest BCUT2D eigenvalue weighted by molar-refractivity contribution is 7.13. The summed E-state index contributed by atoms with van der Waals surface area (Å²) in [4.78, 5) is 0. The van der Waals surface area contributed by atoms with Gasteiger partial charge in [-0.3, -0.25) is 0 Å². The number of hydrogen-bond donors (Lipinski definition) is 1. The number of benzene rings is 1. The van der Waals surface area contributed by atoms with Crippen LogP contribution in [0.1, 0.15) is 30.5 Å². The Morgan fingerprint density at radius 2 is 2.09 bits per heavy atom. The Morgan fingerprint density at radius 3 is 2.73 bits per heavy atom. The summed E-state index contributed by atoms with van der Waals surface area (Å²) in [7, 11) is 0. The van der Waals surface area contributed by atoms with Crippen LogP contribution in [0.4, 0.5) is 4.39 Å². The lowest BCUT2D eigenvalue weighted by molar-refractivity contribution is 0.277. The molecule has 2 aromatic heterocycles. The molecule has 2 heterocycles. The third kappa shape index (κ3) is 2.62. The van der Waals surface area contributed by atoms with E-state index < -0.39 is 0 Å². The second-order valence-electron chi connectivity index (χ2n) is 5.04. The fraction of sp³-hybridized carbons (Fsp3) is 0.286. The highest BCUT2D eigenvalue weighted by Gasteiger charge is 2.19. The van der Waals surface area contributed by atoms with E-state index in [2.05, 4.69) is 20.5 Å². The molecule has 0 unspecified atom stereocenters. The van der Waals surface area contributed by atoms with Crippen molar-refractivity contribution in [3.63, 3.8) is 0 Å². The molecule has 0 aliphatic carbocycles. The van der Waals surface area contributed by atoms with Gasteiger partial charge in [-0.25, -0.2) is 4.39 Å². The number of aromatic nitrogens is 5. The number of hydrogen-bond acceptors (Lipinski definition) is 6. The summed E-state index contributed by atoms with van der Waals surface area (Å²) in [6, 6.07) is 6.07. The van der Waals surface area contributed by atoms with Crippen molar-refractivity contribution in [2.45, 2.75) is 26.4 Å². The maximum absolute atomic E-state index is 13.5. The van der Waals surface area contributed by atoms with E-state index in [0.717, 1.165) is 5.01 Å². The topological polar surface area (TPSA) is 76.7 Å². The van der Waals surface area contributed by atoms with Crippen molar-refractivity contribution < 1.29 is 9.50 Å². The Bertz CT molecular complexity index is 798. The van der Waals surface area contributed by atoms with Crippen molar-refractivity contribution in [3.8, 4) is 16.4 Å². The molecule has 3 aromatic rings. The van der Waals surface area contributed by atoms with Crippen LogP contribution in [0.15, 0.2) is 24.3 Å². The van der Waals surface area contributed by atoms with Gasteiger partial charge in [-0.1, -0.05) is 42.5 Å². The summed E-state index contributed by atoms with van der Waals surface area (Å²) in [5.74, 6) is -0.112. The van der Waals surface area contributed by atoms with Gasteiger partial charge >= 0.3 is 0 Å².